The molecule has 0 aromatic heterocycles. The van der Waals surface area contributed by atoms with E-state index in [0.717, 1.165) is 12.8 Å². The lowest BCUT2D eigenvalue weighted by molar-refractivity contribution is 0.0949. The lowest BCUT2D eigenvalue weighted by Crippen LogP contribution is -2.25. The van der Waals surface area contributed by atoms with E-state index in [1.54, 1.807) is 49.6 Å². The van der Waals surface area contributed by atoms with Crippen LogP contribution in [0.25, 0.3) is 0 Å². The molecule has 0 aliphatic heterocycles. The molecule has 2 aromatic carbocycles. The molecule has 0 spiro atoms. The first-order valence-electron chi connectivity index (χ1n) is 8.64. The number of anilines is 1. The van der Waals surface area contributed by atoms with Crippen LogP contribution >= 0.6 is 0 Å². The van der Waals surface area contributed by atoms with Gasteiger partial charge < -0.3 is 20.1 Å². The van der Waals surface area contributed by atoms with Gasteiger partial charge in [0.05, 0.1) is 13.7 Å². The maximum Gasteiger partial charge on any atom is 0.255 e. The molecule has 6 nitrogen and oxygen atoms in total. The van der Waals surface area contributed by atoms with Gasteiger partial charge in [-0.2, -0.15) is 0 Å². The molecule has 0 radical (unpaired) electrons. The summed E-state index contributed by atoms with van der Waals surface area (Å²) in [5, 5.41) is 5.75. The topological polar surface area (TPSA) is 76.7 Å². The number of benzene rings is 2. The molecule has 0 atom stereocenters. The fraction of sp³-hybridized carbons (Fsp3) is 0.300. The minimum absolute atomic E-state index is 0.119. The maximum atomic E-state index is 12.5. The van der Waals surface area contributed by atoms with Crippen molar-refractivity contribution in [2.75, 3.05) is 19.0 Å². The standard InChI is InChI=1S/C20H22N2O4/c1-3-26-18-12-14(7-10-17(18)25-2)20(24)22-16-6-4-5-13(11-16)19(23)21-15-8-9-15/h4-7,10-12,15H,3,8-9H2,1-2H3,(H,21,23)(H,22,24). The summed E-state index contributed by atoms with van der Waals surface area (Å²) >= 11 is 0. The van der Waals surface area contributed by atoms with Gasteiger partial charge in [0, 0.05) is 22.9 Å². The Labute approximate surface area is 152 Å². The van der Waals surface area contributed by atoms with E-state index in [4.69, 9.17) is 9.47 Å². The van der Waals surface area contributed by atoms with Crippen LogP contribution in [0.15, 0.2) is 42.5 Å². The summed E-state index contributed by atoms with van der Waals surface area (Å²) in [6.45, 7) is 2.34. The third-order valence-electron chi connectivity index (χ3n) is 4.02. The average molecular weight is 354 g/mol. The molecule has 0 bridgehead atoms. The Morgan fingerprint density at radius 2 is 1.81 bits per heavy atom. The number of nitrogens with one attached hydrogen (secondary N) is 2. The van der Waals surface area contributed by atoms with E-state index >= 15 is 0 Å². The van der Waals surface area contributed by atoms with Crippen LogP contribution < -0.4 is 20.1 Å². The molecule has 3 rings (SSSR count). The van der Waals surface area contributed by atoms with Crippen LogP contribution in [-0.2, 0) is 0 Å². The quantitative estimate of drug-likeness (QED) is 0.800. The highest BCUT2D eigenvalue weighted by Gasteiger charge is 2.23. The zero-order chi connectivity index (χ0) is 18.5. The summed E-state index contributed by atoms with van der Waals surface area (Å²) in [5.41, 5.74) is 1.54. The Morgan fingerprint density at radius 3 is 2.50 bits per heavy atom. The summed E-state index contributed by atoms with van der Waals surface area (Å²) in [5.74, 6) is 0.683. The number of hydrogen-bond donors (Lipinski definition) is 2. The van der Waals surface area contributed by atoms with Gasteiger partial charge in [-0.05, 0) is 56.2 Å². The van der Waals surface area contributed by atoms with Crippen LogP contribution in [0.1, 0.15) is 40.5 Å². The molecule has 2 N–H and O–H groups in total. The van der Waals surface area contributed by atoms with Crippen molar-refractivity contribution in [3.05, 3.63) is 53.6 Å². The lowest BCUT2D eigenvalue weighted by atomic mass is 10.1. The van der Waals surface area contributed by atoms with Crippen molar-refractivity contribution < 1.29 is 19.1 Å². The molecule has 1 aliphatic carbocycles. The molecule has 26 heavy (non-hydrogen) atoms. The fourth-order valence-electron chi connectivity index (χ4n) is 2.52. The normalized spacial score (nSPS) is 13.0. The van der Waals surface area contributed by atoms with Crippen LogP contribution in [-0.4, -0.2) is 31.6 Å². The molecule has 136 valence electrons. The third-order valence-corrected chi connectivity index (χ3v) is 4.02. The molecule has 6 heteroatoms. The molecule has 0 unspecified atom stereocenters. The number of carbonyl (C=O) groups excluding carboxylic acids is 2. The fourth-order valence-corrected chi connectivity index (χ4v) is 2.52. The van der Waals surface area contributed by atoms with E-state index in [-0.39, 0.29) is 17.9 Å². The van der Waals surface area contributed by atoms with Gasteiger partial charge in [-0.25, -0.2) is 0 Å². The summed E-state index contributed by atoms with van der Waals surface area (Å²) in [6.07, 6.45) is 2.06. The molecule has 2 aromatic rings. The van der Waals surface area contributed by atoms with Crippen molar-refractivity contribution in [2.24, 2.45) is 0 Å². The monoisotopic (exact) mass is 354 g/mol. The first-order chi connectivity index (χ1) is 12.6. The highest BCUT2D eigenvalue weighted by Crippen LogP contribution is 2.28. The molecule has 1 fully saturated rings. The van der Waals surface area contributed by atoms with Crippen LogP contribution in [0.4, 0.5) is 5.69 Å². The van der Waals surface area contributed by atoms with Crippen molar-refractivity contribution in [3.63, 3.8) is 0 Å². The average Bonchev–Trinajstić information content (AvgIpc) is 3.46. The summed E-state index contributed by atoms with van der Waals surface area (Å²) in [6, 6.07) is 12.2. The van der Waals surface area contributed by atoms with Gasteiger partial charge in [-0.15, -0.1) is 0 Å². The Morgan fingerprint density at radius 1 is 1.04 bits per heavy atom. The summed E-state index contributed by atoms with van der Waals surface area (Å²) in [7, 11) is 1.55. The van der Waals surface area contributed by atoms with Gasteiger partial charge in [0.25, 0.3) is 11.8 Å². The number of rotatable bonds is 7. The van der Waals surface area contributed by atoms with Gasteiger partial charge in [0.2, 0.25) is 0 Å². The number of carbonyl (C=O) groups is 2. The minimum Gasteiger partial charge on any atom is -0.493 e. The second-order valence-electron chi connectivity index (χ2n) is 6.08. The summed E-state index contributed by atoms with van der Waals surface area (Å²) < 4.78 is 10.7. The van der Waals surface area contributed by atoms with Gasteiger partial charge in [-0.1, -0.05) is 6.07 Å². The Balaban J connectivity index is 1.73. The molecule has 1 saturated carbocycles. The number of amides is 2. The van der Waals surface area contributed by atoms with Crippen molar-refractivity contribution >= 4 is 17.5 Å². The maximum absolute atomic E-state index is 12.5. The molecule has 0 saturated heterocycles. The zero-order valence-corrected chi connectivity index (χ0v) is 14.9. The Bertz CT molecular complexity index is 815. The smallest absolute Gasteiger partial charge is 0.255 e. The van der Waals surface area contributed by atoms with Gasteiger partial charge in [0.15, 0.2) is 11.5 Å². The number of ether oxygens (including phenoxy) is 2. The molecule has 0 heterocycles. The first kappa shape index (κ1) is 17.8. The zero-order valence-electron chi connectivity index (χ0n) is 14.9. The van der Waals surface area contributed by atoms with Crippen LogP contribution in [0.2, 0.25) is 0 Å². The van der Waals surface area contributed by atoms with Crippen molar-refractivity contribution in [3.8, 4) is 11.5 Å². The predicted molar refractivity (Wildman–Crippen MR) is 99.0 cm³/mol. The highest BCUT2D eigenvalue weighted by atomic mass is 16.5. The van der Waals surface area contributed by atoms with E-state index in [0.29, 0.717) is 34.9 Å². The number of hydrogen-bond acceptors (Lipinski definition) is 4. The Kier molecular flexibility index (Phi) is 5.41. The van der Waals surface area contributed by atoms with Crippen molar-refractivity contribution in [1.29, 1.82) is 0 Å². The second kappa shape index (κ2) is 7.91. The van der Waals surface area contributed by atoms with E-state index < -0.39 is 0 Å². The largest absolute Gasteiger partial charge is 0.493 e. The third kappa shape index (κ3) is 4.33. The van der Waals surface area contributed by atoms with Crippen LogP contribution in [0.5, 0.6) is 11.5 Å². The second-order valence-corrected chi connectivity index (χ2v) is 6.08. The van der Waals surface area contributed by atoms with Gasteiger partial charge in [-0.3, -0.25) is 9.59 Å². The van der Waals surface area contributed by atoms with Crippen LogP contribution in [0.3, 0.4) is 0 Å². The van der Waals surface area contributed by atoms with E-state index in [1.165, 1.54) is 0 Å². The van der Waals surface area contributed by atoms with Crippen molar-refractivity contribution in [1.82, 2.24) is 5.32 Å². The molecular formula is C20H22N2O4. The summed E-state index contributed by atoms with van der Waals surface area (Å²) in [4.78, 5) is 24.7. The van der Waals surface area contributed by atoms with Gasteiger partial charge in [0.1, 0.15) is 0 Å². The SMILES string of the molecule is CCOc1cc(C(=O)Nc2cccc(C(=O)NC3CC3)c2)ccc1OC. The Hall–Kier alpha value is -3.02. The van der Waals surface area contributed by atoms with Crippen LogP contribution in [0, 0.1) is 0 Å². The predicted octanol–water partition coefficient (Wildman–Crippen LogP) is 3.24. The van der Waals surface area contributed by atoms with Crippen molar-refractivity contribution in [2.45, 2.75) is 25.8 Å². The van der Waals surface area contributed by atoms with E-state index in [2.05, 4.69) is 10.6 Å². The molecule has 1 aliphatic rings. The highest BCUT2D eigenvalue weighted by molar-refractivity contribution is 6.05. The lowest BCUT2D eigenvalue weighted by Gasteiger charge is -2.12. The number of methoxy groups -OCH3 is 1. The minimum atomic E-state index is -0.284. The van der Waals surface area contributed by atoms with E-state index in [1.807, 2.05) is 6.92 Å². The molecule has 2 amide bonds. The molecular weight excluding hydrogens is 332 g/mol. The first-order valence-corrected chi connectivity index (χ1v) is 8.64. The van der Waals surface area contributed by atoms with E-state index in [9.17, 15) is 9.59 Å². The van der Waals surface area contributed by atoms with Gasteiger partial charge >= 0.3 is 0 Å².